The lowest BCUT2D eigenvalue weighted by molar-refractivity contribution is 0.0731. The van der Waals surface area contributed by atoms with Crippen molar-refractivity contribution in [1.82, 2.24) is 0 Å². The standard InChI is InChI=1S/C25H20O5/c1-15-4-7-17(8-5-15)23-24(22(26)20-13-6-16(2)14-21(20)29-23)30-25(27)18-9-11-19(28-3)12-10-18/h4-14H,1-3H3. The molecule has 5 nitrogen and oxygen atoms in total. The lowest BCUT2D eigenvalue weighted by atomic mass is 10.1. The third-order valence-electron chi connectivity index (χ3n) is 4.84. The first-order valence-corrected chi connectivity index (χ1v) is 9.47. The molecule has 0 saturated carbocycles. The summed E-state index contributed by atoms with van der Waals surface area (Å²) in [6.45, 7) is 3.89. The van der Waals surface area contributed by atoms with Gasteiger partial charge in [0.1, 0.15) is 11.3 Å². The Morgan fingerprint density at radius 1 is 0.867 bits per heavy atom. The van der Waals surface area contributed by atoms with Crippen molar-refractivity contribution in [1.29, 1.82) is 0 Å². The summed E-state index contributed by atoms with van der Waals surface area (Å²) in [5.74, 6) is 0.0632. The second-order valence-electron chi connectivity index (χ2n) is 7.07. The summed E-state index contributed by atoms with van der Waals surface area (Å²) in [6.07, 6.45) is 0. The molecular weight excluding hydrogens is 380 g/mol. The molecule has 0 N–H and O–H groups in total. The molecule has 30 heavy (non-hydrogen) atoms. The number of fused-ring (bicyclic) bond motifs is 1. The van der Waals surface area contributed by atoms with E-state index in [1.807, 2.05) is 44.2 Å². The highest BCUT2D eigenvalue weighted by atomic mass is 16.5. The minimum Gasteiger partial charge on any atom is -0.497 e. The Hall–Kier alpha value is -3.86. The van der Waals surface area contributed by atoms with Crippen LogP contribution in [0.5, 0.6) is 11.5 Å². The highest BCUT2D eigenvalue weighted by Crippen LogP contribution is 2.32. The Balaban J connectivity index is 1.85. The van der Waals surface area contributed by atoms with Gasteiger partial charge in [-0.1, -0.05) is 35.9 Å². The summed E-state index contributed by atoms with van der Waals surface area (Å²) in [4.78, 5) is 26.0. The van der Waals surface area contributed by atoms with Crippen molar-refractivity contribution in [2.75, 3.05) is 7.11 Å². The van der Waals surface area contributed by atoms with Crippen LogP contribution in [0.25, 0.3) is 22.3 Å². The quantitative estimate of drug-likeness (QED) is 0.435. The van der Waals surface area contributed by atoms with E-state index in [-0.39, 0.29) is 11.5 Å². The summed E-state index contributed by atoms with van der Waals surface area (Å²) in [5.41, 5.74) is 3.03. The van der Waals surface area contributed by atoms with E-state index in [4.69, 9.17) is 13.9 Å². The van der Waals surface area contributed by atoms with Gasteiger partial charge in [-0.05, 0) is 55.8 Å². The van der Waals surface area contributed by atoms with Gasteiger partial charge in [-0.3, -0.25) is 4.79 Å². The summed E-state index contributed by atoms with van der Waals surface area (Å²) in [6, 6.07) is 19.3. The van der Waals surface area contributed by atoms with Gasteiger partial charge in [0.2, 0.25) is 11.2 Å². The molecule has 4 rings (SSSR count). The van der Waals surface area contributed by atoms with Gasteiger partial charge in [0.15, 0.2) is 5.76 Å². The predicted molar refractivity (Wildman–Crippen MR) is 115 cm³/mol. The van der Waals surface area contributed by atoms with Crippen molar-refractivity contribution in [2.24, 2.45) is 0 Å². The van der Waals surface area contributed by atoms with E-state index < -0.39 is 11.4 Å². The molecule has 0 radical (unpaired) electrons. The molecule has 0 aliphatic rings. The average molecular weight is 400 g/mol. The first kappa shape index (κ1) is 19.5. The summed E-state index contributed by atoms with van der Waals surface area (Å²) < 4.78 is 16.7. The lowest BCUT2D eigenvalue weighted by Crippen LogP contribution is -2.16. The molecule has 0 amide bonds. The molecular formula is C25H20O5. The largest absolute Gasteiger partial charge is 0.497 e. The molecule has 0 saturated heterocycles. The zero-order valence-electron chi connectivity index (χ0n) is 16.9. The molecule has 0 aliphatic carbocycles. The fraction of sp³-hybridized carbons (Fsp3) is 0.120. The number of aryl methyl sites for hydroxylation is 2. The summed E-state index contributed by atoms with van der Waals surface area (Å²) >= 11 is 0. The Morgan fingerprint density at radius 3 is 2.20 bits per heavy atom. The van der Waals surface area contributed by atoms with Gasteiger partial charge in [0.05, 0.1) is 18.1 Å². The van der Waals surface area contributed by atoms with Gasteiger partial charge >= 0.3 is 5.97 Å². The van der Waals surface area contributed by atoms with Crippen molar-refractivity contribution in [3.8, 4) is 22.8 Å². The number of hydrogen-bond acceptors (Lipinski definition) is 5. The van der Waals surface area contributed by atoms with Crippen molar-refractivity contribution in [2.45, 2.75) is 13.8 Å². The van der Waals surface area contributed by atoms with Crippen LogP contribution in [0.4, 0.5) is 0 Å². The highest BCUT2D eigenvalue weighted by molar-refractivity contribution is 5.93. The number of hydrogen-bond donors (Lipinski definition) is 0. The van der Waals surface area contributed by atoms with Crippen LogP contribution in [0.15, 0.2) is 75.9 Å². The van der Waals surface area contributed by atoms with Crippen LogP contribution in [0.2, 0.25) is 0 Å². The van der Waals surface area contributed by atoms with Crippen LogP contribution in [0.3, 0.4) is 0 Å². The second-order valence-corrected chi connectivity index (χ2v) is 7.07. The number of benzene rings is 3. The van der Waals surface area contributed by atoms with Gasteiger partial charge in [-0.2, -0.15) is 0 Å². The fourth-order valence-corrected chi connectivity index (χ4v) is 3.15. The first-order valence-electron chi connectivity index (χ1n) is 9.47. The molecule has 0 fully saturated rings. The van der Waals surface area contributed by atoms with Gasteiger partial charge in [-0.15, -0.1) is 0 Å². The fourth-order valence-electron chi connectivity index (χ4n) is 3.15. The van der Waals surface area contributed by atoms with E-state index in [0.29, 0.717) is 27.8 Å². The predicted octanol–water partition coefficient (Wildman–Crippen LogP) is 5.30. The van der Waals surface area contributed by atoms with Crippen molar-refractivity contribution in [3.63, 3.8) is 0 Å². The van der Waals surface area contributed by atoms with Crippen LogP contribution in [-0.2, 0) is 0 Å². The Kier molecular flexibility index (Phi) is 5.11. The number of carbonyl (C=O) groups is 1. The van der Waals surface area contributed by atoms with E-state index in [1.54, 1.807) is 43.5 Å². The Bertz CT molecular complexity index is 1280. The van der Waals surface area contributed by atoms with Gasteiger partial charge in [-0.25, -0.2) is 4.79 Å². The molecule has 150 valence electrons. The van der Waals surface area contributed by atoms with Crippen LogP contribution in [0.1, 0.15) is 21.5 Å². The molecule has 0 aliphatic heterocycles. The van der Waals surface area contributed by atoms with E-state index in [1.165, 1.54) is 0 Å². The molecule has 0 unspecified atom stereocenters. The van der Waals surface area contributed by atoms with E-state index in [9.17, 15) is 9.59 Å². The zero-order chi connectivity index (χ0) is 21.3. The van der Waals surface area contributed by atoms with E-state index >= 15 is 0 Å². The van der Waals surface area contributed by atoms with Crippen LogP contribution in [0, 0.1) is 13.8 Å². The number of esters is 1. The minimum absolute atomic E-state index is 0.129. The number of methoxy groups -OCH3 is 1. The first-order chi connectivity index (χ1) is 14.5. The van der Waals surface area contributed by atoms with Crippen molar-refractivity contribution < 1.29 is 18.7 Å². The maximum atomic E-state index is 13.2. The second kappa shape index (κ2) is 7.87. The Labute approximate surface area is 173 Å². The molecule has 5 heteroatoms. The SMILES string of the molecule is COc1ccc(C(=O)Oc2c(-c3ccc(C)cc3)oc3cc(C)ccc3c2=O)cc1. The normalized spacial score (nSPS) is 10.8. The Morgan fingerprint density at radius 2 is 1.53 bits per heavy atom. The van der Waals surface area contributed by atoms with E-state index in [2.05, 4.69) is 0 Å². The monoisotopic (exact) mass is 400 g/mol. The lowest BCUT2D eigenvalue weighted by Gasteiger charge is -2.11. The molecule has 4 aromatic rings. The molecule has 3 aromatic carbocycles. The third kappa shape index (κ3) is 3.70. The smallest absolute Gasteiger partial charge is 0.343 e. The molecule has 1 aromatic heterocycles. The van der Waals surface area contributed by atoms with Gasteiger partial charge in [0, 0.05) is 5.56 Å². The molecule has 0 bridgehead atoms. The molecule has 0 spiro atoms. The number of ether oxygens (including phenoxy) is 2. The number of rotatable bonds is 4. The van der Waals surface area contributed by atoms with Crippen LogP contribution < -0.4 is 14.9 Å². The van der Waals surface area contributed by atoms with Gasteiger partial charge < -0.3 is 13.9 Å². The van der Waals surface area contributed by atoms with E-state index in [0.717, 1.165) is 11.1 Å². The summed E-state index contributed by atoms with van der Waals surface area (Å²) in [5, 5.41) is 0.356. The topological polar surface area (TPSA) is 65.7 Å². The van der Waals surface area contributed by atoms with Gasteiger partial charge in [0.25, 0.3) is 0 Å². The maximum Gasteiger partial charge on any atom is 0.343 e. The molecule has 1 heterocycles. The molecule has 0 atom stereocenters. The van der Waals surface area contributed by atoms with Crippen molar-refractivity contribution in [3.05, 3.63) is 93.6 Å². The van der Waals surface area contributed by atoms with Crippen molar-refractivity contribution >= 4 is 16.9 Å². The number of carbonyl (C=O) groups excluding carboxylic acids is 1. The zero-order valence-corrected chi connectivity index (χ0v) is 16.9. The average Bonchev–Trinajstić information content (AvgIpc) is 2.76. The third-order valence-corrected chi connectivity index (χ3v) is 4.84. The van der Waals surface area contributed by atoms with Crippen LogP contribution >= 0.6 is 0 Å². The highest BCUT2D eigenvalue weighted by Gasteiger charge is 2.21. The summed E-state index contributed by atoms with van der Waals surface area (Å²) in [7, 11) is 1.54. The minimum atomic E-state index is -0.648. The maximum absolute atomic E-state index is 13.2. The van der Waals surface area contributed by atoms with Crippen LogP contribution in [-0.4, -0.2) is 13.1 Å².